The van der Waals surface area contributed by atoms with Gasteiger partial charge in [0, 0.05) is 11.3 Å². The van der Waals surface area contributed by atoms with E-state index in [1.165, 1.54) is 18.9 Å². The Hall–Kier alpha value is -1.68. The molecule has 100 valence electrons. The number of hydrogen-bond donors (Lipinski definition) is 2. The molecule has 3 rings (SSSR count). The number of piperidine rings is 1. The van der Waals surface area contributed by atoms with Gasteiger partial charge in [-0.25, -0.2) is 4.39 Å². The Kier molecular flexibility index (Phi) is 3.60. The average Bonchev–Trinajstić information content (AvgIpc) is 2.88. The predicted molar refractivity (Wildman–Crippen MR) is 73.3 cm³/mol. The second-order valence-corrected chi connectivity index (χ2v) is 5.19. The number of benzene rings is 1. The third-order valence-corrected chi connectivity index (χ3v) is 3.75. The molecule has 0 saturated carbocycles. The van der Waals surface area contributed by atoms with Gasteiger partial charge in [-0.3, -0.25) is 5.10 Å². The highest BCUT2D eigenvalue weighted by molar-refractivity contribution is 5.65. The number of nitrogens with zero attached hydrogens (tertiary/aromatic N) is 1. The zero-order valence-corrected chi connectivity index (χ0v) is 10.8. The highest BCUT2D eigenvalue weighted by atomic mass is 19.1. The average molecular weight is 259 g/mol. The van der Waals surface area contributed by atoms with E-state index in [4.69, 9.17) is 0 Å². The number of hydrogen-bond acceptors (Lipinski definition) is 2. The zero-order valence-electron chi connectivity index (χ0n) is 10.8. The molecule has 0 radical (unpaired) electrons. The normalized spacial score (nSPS) is 19.5. The quantitative estimate of drug-likeness (QED) is 0.890. The molecule has 3 nitrogen and oxygen atoms in total. The van der Waals surface area contributed by atoms with Gasteiger partial charge in [-0.2, -0.15) is 5.10 Å². The molecule has 2 N–H and O–H groups in total. The lowest BCUT2D eigenvalue weighted by Gasteiger charge is -2.22. The summed E-state index contributed by atoms with van der Waals surface area (Å²) in [6, 6.07) is 6.70. The summed E-state index contributed by atoms with van der Waals surface area (Å²) in [5.41, 5.74) is 3.02. The summed E-state index contributed by atoms with van der Waals surface area (Å²) in [5, 5.41) is 10.6. The summed E-state index contributed by atoms with van der Waals surface area (Å²) >= 11 is 0. The van der Waals surface area contributed by atoms with Gasteiger partial charge in [-0.05, 0) is 56.0 Å². The molecule has 1 unspecified atom stereocenters. The Morgan fingerprint density at radius 3 is 3.11 bits per heavy atom. The van der Waals surface area contributed by atoms with Crippen LogP contribution in [0.2, 0.25) is 0 Å². The highest BCUT2D eigenvalue weighted by Crippen LogP contribution is 2.26. The van der Waals surface area contributed by atoms with Crippen LogP contribution in [0, 0.1) is 11.7 Å². The molecule has 1 aromatic carbocycles. The summed E-state index contributed by atoms with van der Waals surface area (Å²) in [6.45, 7) is 2.18. The number of halogens is 1. The van der Waals surface area contributed by atoms with Crippen LogP contribution in [0.4, 0.5) is 4.39 Å². The molecule has 2 aromatic rings. The van der Waals surface area contributed by atoms with Crippen molar-refractivity contribution in [1.29, 1.82) is 0 Å². The molecule has 19 heavy (non-hydrogen) atoms. The first-order chi connectivity index (χ1) is 9.33. The molecule has 1 saturated heterocycles. The van der Waals surface area contributed by atoms with Gasteiger partial charge in [0.15, 0.2) is 0 Å². The Morgan fingerprint density at radius 2 is 2.32 bits per heavy atom. The SMILES string of the molecule is Fc1cccc(-c2cn[nH]c2CC2CCCNC2)c1. The van der Waals surface area contributed by atoms with Crippen molar-refractivity contribution < 1.29 is 4.39 Å². The minimum atomic E-state index is -0.205. The van der Waals surface area contributed by atoms with Gasteiger partial charge in [0.25, 0.3) is 0 Å². The zero-order chi connectivity index (χ0) is 13.1. The molecule has 0 spiro atoms. The van der Waals surface area contributed by atoms with Gasteiger partial charge < -0.3 is 5.32 Å². The van der Waals surface area contributed by atoms with E-state index in [0.717, 1.165) is 36.3 Å². The fraction of sp³-hybridized carbons (Fsp3) is 0.400. The Labute approximate surface area is 112 Å². The van der Waals surface area contributed by atoms with E-state index in [9.17, 15) is 4.39 Å². The Bertz CT molecular complexity index is 544. The second kappa shape index (κ2) is 5.53. The molecular weight excluding hydrogens is 241 g/mol. The predicted octanol–water partition coefficient (Wildman–Crippen LogP) is 2.76. The molecular formula is C15H18FN3. The van der Waals surface area contributed by atoms with E-state index >= 15 is 0 Å². The van der Waals surface area contributed by atoms with Gasteiger partial charge >= 0.3 is 0 Å². The second-order valence-electron chi connectivity index (χ2n) is 5.19. The smallest absolute Gasteiger partial charge is 0.123 e. The minimum Gasteiger partial charge on any atom is -0.316 e. The Morgan fingerprint density at radius 1 is 1.37 bits per heavy atom. The van der Waals surface area contributed by atoms with E-state index in [2.05, 4.69) is 15.5 Å². The van der Waals surface area contributed by atoms with E-state index in [1.54, 1.807) is 18.3 Å². The molecule has 0 bridgehead atoms. The van der Waals surface area contributed by atoms with Crippen molar-refractivity contribution in [3.8, 4) is 11.1 Å². The minimum absolute atomic E-state index is 0.205. The van der Waals surface area contributed by atoms with Crippen LogP contribution in [-0.4, -0.2) is 23.3 Å². The van der Waals surface area contributed by atoms with Crippen molar-refractivity contribution in [3.63, 3.8) is 0 Å². The summed E-state index contributed by atoms with van der Waals surface area (Å²) in [6.07, 6.45) is 5.24. The standard InChI is InChI=1S/C15H18FN3/c16-13-5-1-4-12(8-13)14-10-18-19-15(14)7-11-3-2-6-17-9-11/h1,4-5,8,10-11,17H,2-3,6-7,9H2,(H,18,19). The van der Waals surface area contributed by atoms with Gasteiger partial charge in [-0.15, -0.1) is 0 Å². The van der Waals surface area contributed by atoms with Crippen molar-refractivity contribution in [2.24, 2.45) is 5.92 Å². The topological polar surface area (TPSA) is 40.7 Å². The van der Waals surface area contributed by atoms with Crippen molar-refractivity contribution in [1.82, 2.24) is 15.5 Å². The first kappa shape index (κ1) is 12.4. The van der Waals surface area contributed by atoms with Crippen molar-refractivity contribution in [2.75, 3.05) is 13.1 Å². The lowest BCUT2D eigenvalue weighted by molar-refractivity contribution is 0.373. The lowest BCUT2D eigenvalue weighted by Crippen LogP contribution is -2.31. The molecule has 1 aromatic heterocycles. The number of H-pyrrole nitrogens is 1. The van der Waals surface area contributed by atoms with Crippen molar-refractivity contribution in [2.45, 2.75) is 19.3 Å². The van der Waals surface area contributed by atoms with Crippen LogP contribution in [0.3, 0.4) is 0 Å². The van der Waals surface area contributed by atoms with Crippen LogP contribution in [0.15, 0.2) is 30.5 Å². The van der Waals surface area contributed by atoms with Crippen LogP contribution >= 0.6 is 0 Å². The number of rotatable bonds is 3. The maximum Gasteiger partial charge on any atom is 0.123 e. The molecule has 1 fully saturated rings. The third kappa shape index (κ3) is 2.84. The van der Waals surface area contributed by atoms with E-state index in [-0.39, 0.29) is 5.82 Å². The van der Waals surface area contributed by atoms with Gasteiger partial charge in [0.05, 0.1) is 6.20 Å². The number of aromatic nitrogens is 2. The van der Waals surface area contributed by atoms with Crippen LogP contribution in [0.1, 0.15) is 18.5 Å². The Balaban J connectivity index is 1.81. The first-order valence-corrected chi connectivity index (χ1v) is 6.82. The number of nitrogens with one attached hydrogen (secondary N) is 2. The van der Waals surface area contributed by atoms with Crippen LogP contribution < -0.4 is 5.32 Å². The van der Waals surface area contributed by atoms with Crippen molar-refractivity contribution >= 4 is 0 Å². The molecule has 0 aliphatic carbocycles. The summed E-state index contributed by atoms with van der Waals surface area (Å²) < 4.78 is 13.3. The fourth-order valence-corrected chi connectivity index (χ4v) is 2.76. The lowest BCUT2D eigenvalue weighted by atomic mass is 9.92. The van der Waals surface area contributed by atoms with E-state index < -0.39 is 0 Å². The monoisotopic (exact) mass is 259 g/mol. The van der Waals surface area contributed by atoms with Crippen molar-refractivity contribution in [3.05, 3.63) is 42.0 Å². The fourth-order valence-electron chi connectivity index (χ4n) is 2.76. The molecule has 1 aliphatic rings. The van der Waals surface area contributed by atoms with E-state index in [0.29, 0.717) is 5.92 Å². The van der Waals surface area contributed by atoms with Gasteiger partial charge in [0.1, 0.15) is 5.82 Å². The highest BCUT2D eigenvalue weighted by Gasteiger charge is 2.17. The summed E-state index contributed by atoms with van der Waals surface area (Å²) in [7, 11) is 0. The maximum absolute atomic E-state index is 13.3. The molecule has 2 heterocycles. The first-order valence-electron chi connectivity index (χ1n) is 6.82. The molecule has 1 aliphatic heterocycles. The summed E-state index contributed by atoms with van der Waals surface area (Å²) in [5.74, 6) is 0.436. The van der Waals surface area contributed by atoms with Crippen LogP contribution in [0.5, 0.6) is 0 Å². The number of aromatic amines is 1. The van der Waals surface area contributed by atoms with Crippen LogP contribution in [-0.2, 0) is 6.42 Å². The molecule has 1 atom stereocenters. The van der Waals surface area contributed by atoms with Gasteiger partial charge in [-0.1, -0.05) is 12.1 Å². The summed E-state index contributed by atoms with van der Waals surface area (Å²) in [4.78, 5) is 0. The van der Waals surface area contributed by atoms with Gasteiger partial charge in [0.2, 0.25) is 0 Å². The largest absolute Gasteiger partial charge is 0.316 e. The maximum atomic E-state index is 13.3. The third-order valence-electron chi connectivity index (χ3n) is 3.75. The molecule has 0 amide bonds. The van der Waals surface area contributed by atoms with Crippen LogP contribution in [0.25, 0.3) is 11.1 Å². The van der Waals surface area contributed by atoms with E-state index in [1.807, 2.05) is 6.07 Å². The molecule has 4 heteroatoms.